The van der Waals surface area contributed by atoms with E-state index in [4.69, 9.17) is 0 Å². The standard InChI is InChI=1S/C19H27N5O2/c1-14-4-2-6-18(22-14)23-19-9-16(20-13-21-19)8-15-5-3-7-24(10-15)17(11-25)12-26/h2,4,6,9,13,15,17,25-26H,3,5,7-8,10-12H2,1H3,(H,20,21,22,23)/t15-/m0/s1. The molecule has 0 spiro atoms. The first-order chi connectivity index (χ1) is 12.7. The van der Waals surface area contributed by atoms with Gasteiger partial charge in [-0.25, -0.2) is 15.0 Å². The van der Waals surface area contributed by atoms with Crippen LogP contribution in [0.1, 0.15) is 24.2 Å². The average molecular weight is 357 g/mol. The highest BCUT2D eigenvalue weighted by atomic mass is 16.3. The van der Waals surface area contributed by atoms with Crippen molar-refractivity contribution in [2.75, 3.05) is 31.6 Å². The molecule has 3 N–H and O–H groups in total. The Morgan fingerprint density at radius 3 is 2.85 bits per heavy atom. The minimum atomic E-state index is -0.159. The molecule has 0 saturated carbocycles. The van der Waals surface area contributed by atoms with Crippen LogP contribution < -0.4 is 5.32 Å². The SMILES string of the molecule is Cc1cccc(Nc2cc(C[C@@H]3CCCN(C(CO)CO)C3)ncn2)n1. The van der Waals surface area contributed by atoms with Crippen molar-refractivity contribution in [3.05, 3.63) is 42.0 Å². The van der Waals surface area contributed by atoms with E-state index < -0.39 is 0 Å². The lowest BCUT2D eigenvalue weighted by molar-refractivity contribution is 0.0440. The smallest absolute Gasteiger partial charge is 0.135 e. The number of hydrogen-bond acceptors (Lipinski definition) is 7. The van der Waals surface area contributed by atoms with Crippen LogP contribution in [0.2, 0.25) is 0 Å². The molecule has 7 nitrogen and oxygen atoms in total. The molecule has 1 fully saturated rings. The molecule has 2 aromatic rings. The summed E-state index contributed by atoms with van der Waals surface area (Å²) in [4.78, 5) is 15.3. The van der Waals surface area contributed by atoms with Crippen LogP contribution in [0.3, 0.4) is 0 Å². The lowest BCUT2D eigenvalue weighted by atomic mass is 9.92. The topological polar surface area (TPSA) is 94.4 Å². The minimum absolute atomic E-state index is 0.00567. The number of nitrogens with one attached hydrogen (secondary N) is 1. The molecule has 3 rings (SSSR count). The summed E-state index contributed by atoms with van der Waals surface area (Å²) < 4.78 is 0. The first-order valence-corrected chi connectivity index (χ1v) is 9.15. The summed E-state index contributed by atoms with van der Waals surface area (Å²) in [6, 6.07) is 7.64. The van der Waals surface area contributed by atoms with Crippen molar-refractivity contribution < 1.29 is 10.2 Å². The van der Waals surface area contributed by atoms with Gasteiger partial charge in [-0.3, -0.25) is 4.90 Å². The Morgan fingerprint density at radius 2 is 2.08 bits per heavy atom. The molecule has 140 valence electrons. The van der Waals surface area contributed by atoms with Crippen molar-refractivity contribution in [1.82, 2.24) is 19.9 Å². The summed E-state index contributed by atoms with van der Waals surface area (Å²) in [5, 5.41) is 22.1. The van der Waals surface area contributed by atoms with Gasteiger partial charge in [-0.15, -0.1) is 0 Å². The fraction of sp³-hybridized carbons (Fsp3) is 0.526. The van der Waals surface area contributed by atoms with Gasteiger partial charge in [-0.1, -0.05) is 6.07 Å². The van der Waals surface area contributed by atoms with E-state index >= 15 is 0 Å². The molecule has 7 heteroatoms. The van der Waals surface area contributed by atoms with Crippen LogP contribution in [0.25, 0.3) is 0 Å². The molecular weight excluding hydrogens is 330 g/mol. The number of aromatic nitrogens is 3. The second-order valence-electron chi connectivity index (χ2n) is 6.91. The third-order valence-corrected chi connectivity index (χ3v) is 4.85. The van der Waals surface area contributed by atoms with Crippen molar-refractivity contribution in [2.45, 2.75) is 32.2 Å². The summed E-state index contributed by atoms with van der Waals surface area (Å²) in [5.41, 5.74) is 1.94. The quantitative estimate of drug-likeness (QED) is 0.692. The highest BCUT2D eigenvalue weighted by Gasteiger charge is 2.25. The van der Waals surface area contributed by atoms with E-state index in [1.165, 1.54) is 0 Å². The van der Waals surface area contributed by atoms with Gasteiger partial charge in [0.25, 0.3) is 0 Å². The molecular formula is C19H27N5O2. The summed E-state index contributed by atoms with van der Waals surface area (Å²) in [7, 11) is 0. The minimum Gasteiger partial charge on any atom is -0.395 e. The fourth-order valence-corrected chi connectivity index (χ4v) is 3.50. The number of anilines is 2. The first kappa shape index (κ1) is 18.7. The normalized spacial score (nSPS) is 18.2. The average Bonchev–Trinajstić information content (AvgIpc) is 2.63. The highest BCUT2D eigenvalue weighted by Crippen LogP contribution is 2.22. The van der Waals surface area contributed by atoms with Crippen molar-refractivity contribution >= 4 is 11.6 Å². The number of pyridine rings is 1. The van der Waals surface area contributed by atoms with Gasteiger partial charge in [0, 0.05) is 24.0 Å². The van der Waals surface area contributed by atoms with Gasteiger partial charge in [0.15, 0.2) is 0 Å². The largest absolute Gasteiger partial charge is 0.395 e. The second-order valence-corrected chi connectivity index (χ2v) is 6.91. The lowest BCUT2D eigenvalue weighted by Crippen LogP contribution is -2.46. The number of piperidine rings is 1. The molecule has 2 aromatic heterocycles. The van der Waals surface area contributed by atoms with E-state index in [9.17, 15) is 10.2 Å². The Balaban J connectivity index is 1.63. The predicted molar refractivity (Wildman–Crippen MR) is 100 cm³/mol. The number of aryl methyl sites for hydroxylation is 1. The van der Waals surface area contributed by atoms with E-state index in [1.807, 2.05) is 31.2 Å². The van der Waals surface area contributed by atoms with Gasteiger partial charge in [0.2, 0.25) is 0 Å². The molecule has 1 atom stereocenters. The van der Waals surface area contributed by atoms with Crippen LogP contribution in [0.5, 0.6) is 0 Å². The second kappa shape index (κ2) is 9.02. The van der Waals surface area contributed by atoms with Gasteiger partial charge < -0.3 is 15.5 Å². The van der Waals surface area contributed by atoms with E-state index in [2.05, 4.69) is 25.2 Å². The van der Waals surface area contributed by atoms with Crippen LogP contribution >= 0.6 is 0 Å². The molecule has 0 aliphatic carbocycles. The summed E-state index contributed by atoms with van der Waals surface area (Å²) in [6.07, 6.45) is 4.65. The molecule has 0 aromatic carbocycles. The number of aliphatic hydroxyl groups is 2. The van der Waals surface area contributed by atoms with Gasteiger partial charge in [0.05, 0.1) is 19.3 Å². The van der Waals surface area contributed by atoms with Crippen molar-refractivity contribution in [3.63, 3.8) is 0 Å². The lowest BCUT2D eigenvalue weighted by Gasteiger charge is -2.36. The van der Waals surface area contributed by atoms with E-state index in [-0.39, 0.29) is 19.3 Å². The number of rotatable bonds is 7. The van der Waals surface area contributed by atoms with E-state index in [1.54, 1.807) is 6.33 Å². The van der Waals surface area contributed by atoms with Gasteiger partial charge in [0.1, 0.15) is 18.0 Å². The van der Waals surface area contributed by atoms with Crippen molar-refractivity contribution in [1.29, 1.82) is 0 Å². The Kier molecular flexibility index (Phi) is 6.49. The number of aliphatic hydroxyl groups excluding tert-OH is 2. The summed E-state index contributed by atoms with van der Waals surface area (Å²) >= 11 is 0. The first-order valence-electron chi connectivity index (χ1n) is 9.15. The molecule has 3 heterocycles. The number of likely N-dealkylation sites (tertiary alicyclic amines) is 1. The number of nitrogens with zero attached hydrogens (tertiary/aromatic N) is 4. The maximum atomic E-state index is 9.41. The molecule has 0 bridgehead atoms. The molecule has 1 aliphatic rings. The molecule has 0 radical (unpaired) electrons. The molecule has 26 heavy (non-hydrogen) atoms. The van der Waals surface area contributed by atoms with Crippen molar-refractivity contribution in [2.24, 2.45) is 5.92 Å². The van der Waals surface area contributed by atoms with E-state index in [0.717, 1.165) is 55.4 Å². The van der Waals surface area contributed by atoms with Crippen LogP contribution in [0.15, 0.2) is 30.6 Å². The zero-order valence-corrected chi connectivity index (χ0v) is 15.2. The highest BCUT2D eigenvalue weighted by molar-refractivity contribution is 5.51. The Labute approximate surface area is 154 Å². The van der Waals surface area contributed by atoms with Crippen LogP contribution in [0.4, 0.5) is 11.6 Å². The van der Waals surface area contributed by atoms with Gasteiger partial charge in [-0.05, 0) is 50.8 Å². The summed E-state index contributed by atoms with van der Waals surface area (Å²) in [5.74, 6) is 1.97. The van der Waals surface area contributed by atoms with Gasteiger partial charge in [-0.2, -0.15) is 0 Å². The maximum absolute atomic E-state index is 9.41. The monoisotopic (exact) mass is 357 g/mol. The zero-order valence-electron chi connectivity index (χ0n) is 15.2. The molecule has 0 unspecified atom stereocenters. The van der Waals surface area contributed by atoms with Crippen molar-refractivity contribution in [3.8, 4) is 0 Å². The zero-order chi connectivity index (χ0) is 18.4. The van der Waals surface area contributed by atoms with Gasteiger partial charge >= 0.3 is 0 Å². The third kappa shape index (κ3) is 4.97. The summed E-state index contributed by atoms with van der Waals surface area (Å²) in [6.45, 7) is 3.75. The molecule has 1 aliphatic heterocycles. The van der Waals surface area contributed by atoms with Crippen LogP contribution in [0, 0.1) is 12.8 Å². The third-order valence-electron chi connectivity index (χ3n) is 4.85. The van der Waals surface area contributed by atoms with E-state index in [0.29, 0.717) is 5.92 Å². The fourth-order valence-electron chi connectivity index (χ4n) is 3.50. The maximum Gasteiger partial charge on any atom is 0.135 e. The number of hydrogen-bond donors (Lipinski definition) is 3. The Morgan fingerprint density at radius 1 is 1.23 bits per heavy atom. The van der Waals surface area contributed by atoms with Crippen LogP contribution in [-0.2, 0) is 6.42 Å². The predicted octanol–water partition coefficient (Wildman–Crippen LogP) is 1.53. The molecule has 1 saturated heterocycles. The molecule has 0 amide bonds. The van der Waals surface area contributed by atoms with Crippen LogP contribution in [-0.4, -0.2) is 62.4 Å². The Bertz CT molecular complexity index is 708. The Hall–Kier alpha value is -2.09.